The Labute approximate surface area is 153 Å². The van der Waals surface area contributed by atoms with E-state index in [-0.39, 0.29) is 17.9 Å². The minimum absolute atomic E-state index is 0.00115. The number of nitrogens with zero attached hydrogens (tertiary/aromatic N) is 2. The fourth-order valence-electron chi connectivity index (χ4n) is 3.84. The normalized spacial score (nSPS) is 19.4. The lowest BCUT2D eigenvalue weighted by Crippen LogP contribution is -2.34. The minimum Gasteiger partial charge on any atom is -0.312 e. The molecule has 0 aliphatic carbocycles. The van der Waals surface area contributed by atoms with Gasteiger partial charge in [-0.15, -0.1) is 0 Å². The van der Waals surface area contributed by atoms with E-state index in [0.717, 1.165) is 36.3 Å². The van der Waals surface area contributed by atoms with Crippen LogP contribution in [0.5, 0.6) is 0 Å². The van der Waals surface area contributed by atoms with Crippen molar-refractivity contribution in [2.24, 2.45) is 0 Å². The fraction of sp³-hybridized carbons (Fsp3) is 0.273. The highest BCUT2D eigenvalue weighted by molar-refractivity contribution is 6.05. The molecule has 1 atom stereocenters. The van der Waals surface area contributed by atoms with Crippen LogP contribution in [0.1, 0.15) is 30.9 Å². The van der Waals surface area contributed by atoms with Gasteiger partial charge in [0.15, 0.2) is 0 Å². The summed E-state index contributed by atoms with van der Waals surface area (Å²) in [6, 6.07) is 16.0. The first-order valence-corrected chi connectivity index (χ1v) is 9.13. The highest BCUT2D eigenvalue weighted by Crippen LogP contribution is 2.32. The first kappa shape index (κ1) is 16.6. The summed E-state index contributed by atoms with van der Waals surface area (Å²) in [6.45, 7) is 2.87. The molecule has 132 valence electrons. The van der Waals surface area contributed by atoms with Gasteiger partial charge in [0.2, 0.25) is 5.91 Å². The highest BCUT2D eigenvalue weighted by Gasteiger charge is 2.29. The number of benzene rings is 2. The molecule has 1 saturated heterocycles. The van der Waals surface area contributed by atoms with Gasteiger partial charge in [-0.2, -0.15) is 0 Å². The van der Waals surface area contributed by atoms with E-state index >= 15 is 0 Å². The summed E-state index contributed by atoms with van der Waals surface area (Å²) in [5, 5.41) is 0. The molecule has 4 rings (SSSR count). The maximum Gasteiger partial charge on any atom is 0.251 e. The number of para-hydroxylation sites is 1. The predicted molar refractivity (Wildman–Crippen MR) is 104 cm³/mol. The number of carbonyl (C=O) groups is 2. The van der Waals surface area contributed by atoms with E-state index in [1.807, 2.05) is 58.3 Å². The van der Waals surface area contributed by atoms with Crippen molar-refractivity contribution in [3.63, 3.8) is 0 Å². The van der Waals surface area contributed by atoms with Crippen LogP contribution in [0.3, 0.4) is 0 Å². The molecule has 2 aliphatic rings. The van der Waals surface area contributed by atoms with E-state index in [9.17, 15) is 9.59 Å². The van der Waals surface area contributed by atoms with E-state index in [0.29, 0.717) is 6.42 Å². The van der Waals surface area contributed by atoms with E-state index in [4.69, 9.17) is 0 Å². The Morgan fingerprint density at radius 2 is 1.88 bits per heavy atom. The molecule has 1 fully saturated rings. The van der Waals surface area contributed by atoms with Gasteiger partial charge in [0.25, 0.3) is 5.91 Å². The first-order valence-electron chi connectivity index (χ1n) is 9.13. The second-order valence-electron chi connectivity index (χ2n) is 6.96. The maximum absolute atomic E-state index is 12.7. The van der Waals surface area contributed by atoms with E-state index in [1.54, 1.807) is 6.08 Å². The molecule has 2 aliphatic heterocycles. The Balaban J connectivity index is 1.48. The molecule has 2 amide bonds. The van der Waals surface area contributed by atoms with Crippen LogP contribution < -0.4 is 9.80 Å². The predicted octanol–water partition coefficient (Wildman–Crippen LogP) is 3.80. The molecule has 26 heavy (non-hydrogen) atoms. The van der Waals surface area contributed by atoms with Crippen molar-refractivity contribution in [3.05, 3.63) is 65.7 Å². The Morgan fingerprint density at radius 3 is 2.62 bits per heavy atom. The summed E-state index contributed by atoms with van der Waals surface area (Å²) in [7, 11) is 0. The largest absolute Gasteiger partial charge is 0.312 e. The Bertz CT molecular complexity index is 870. The van der Waals surface area contributed by atoms with Gasteiger partial charge in [0.1, 0.15) is 0 Å². The number of hydrogen-bond donors (Lipinski definition) is 0. The number of amides is 2. The molecule has 0 bridgehead atoms. The lowest BCUT2D eigenvalue weighted by Gasteiger charge is -2.21. The van der Waals surface area contributed by atoms with Gasteiger partial charge in [0, 0.05) is 36.5 Å². The molecule has 0 saturated carbocycles. The van der Waals surface area contributed by atoms with Crippen LogP contribution in [0.4, 0.5) is 11.4 Å². The average molecular weight is 346 g/mol. The van der Waals surface area contributed by atoms with Gasteiger partial charge in [-0.3, -0.25) is 9.59 Å². The van der Waals surface area contributed by atoms with Gasteiger partial charge in [-0.25, -0.2) is 0 Å². The monoisotopic (exact) mass is 346 g/mol. The maximum atomic E-state index is 12.7. The minimum atomic E-state index is 0.00115. The first-order chi connectivity index (χ1) is 12.6. The number of carbonyl (C=O) groups excluding carboxylic acids is 2. The van der Waals surface area contributed by atoms with Gasteiger partial charge in [-0.1, -0.05) is 30.3 Å². The Hall–Kier alpha value is -2.88. The van der Waals surface area contributed by atoms with Crippen LogP contribution in [0.2, 0.25) is 0 Å². The van der Waals surface area contributed by atoms with Gasteiger partial charge in [-0.05, 0) is 55.2 Å². The molecule has 2 heterocycles. The second-order valence-corrected chi connectivity index (χ2v) is 6.96. The van der Waals surface area contributed by atoms with Crippen LogP contribution in [-0.4, -0.2) is 24.4 Å². The molecule has 0 radical (unpaired) electrons. The van der Waals surface area contributed by atoms with Crippen molar-refractivity contribution in [1.82, 2.24) is 0 Å². The van der Waals surface area contributed by atoms with Crippen LogP contribution in [0.25, 0.3) is 6.08 Å². The molecule has 1 unspecified atom stereocenters. The molecule has 0 N–H and O–H groups in total. The van der Waals surface area contributed by atoms with Gasteiger partial charge in [0.05, 0.1) is 0 Å². The zero-order chi connectivity index (χ0) is 18.1. The molecule has 2 aromatic carbocycles. The zero-order valence-electron chi connectivity index (χ0n) is 14.9. The standard InChI is InChI=1S/C22H22N2O2/c1-16-15-18-5-2-3-6-20(18)24(16)22(26)13-10-17-8-11-19(12-9-17)23-14-4-7-21(23)25/h2-3,5-6,8-13,16H,4,7,14-15H2,1H3/b13-10+. The number of anilines is 2. The summed E-state index contributed by atoms with van der Waals surface area (Å²) >= 11 is 0. The molecular formula is C22H22N2O2. The third-order valence-electron chi connectivity index (χ3n) is 5.14. The fourth-order valence-corrected chi connectivity index (χ4v) is 3.84. The molecule has 0 aromatic heterocycles. The number of rotatable bonds is 3. The van der Waals surface area contributed by atoms with Gasteiger partial charge < -0.3 is 9.80 Å². The average Bonchev–Trinajstić information content (AvgIpc) is 3.22. The lowest BCUT2D eigenvalue weighted by molar-refractivity contribution is -0.117. The highest BCUT2D eigenvalue weighted by atomic mass is 16.2. The smallest absolute Gasteiger partial charge is 0.251 e. The Morgan fingerprint density at radius 1 is 1.12 bits per heavy atom. The second kappa shape index (κ2) is 6.79. The third kappa shape index (κ3) is 3.03. The quantitative estimate of drug-likeness (QED) is 0.793. The van der Waals surface area contributed by atoms with Crippen LogP contribution in [0, 0.1) is 0 Å². The van der Waals surface area contributed by atoms with Crippen molar-refractivity contribution in [2.45, 2.75) is 32.2 Å². The molecule has 2 aromatic rings. The molecule has 4 nitrogen and oxygen atoms in total. The summed E-state index contributed by atoms with van der Waals surface area (Å²) in [5.74, 6) is 0.186. The van der Waals surface area contributed by atoms with Crippen LogP contribution >= 0.6 is 0 Å². The van der Waals surface area contributed by atoms with Crippen molar-refractivity contribution < 1.29 is 9.59 Å². The summed E-state index contributed by atoms with van der Waals surface area (Å²) in [6.07, 6.45) is 5.92. The summed E-state index contributed by atoms with van der Waals surface area (Å²) in [4.78, 5) is 28.2. The van der Waals surface area contributed by atoms with Crippen molar-refractivity contribution in [2.75, 3.05) is 16.3 Å². The van der Waals surface area contributed by atoms with Gasteiger partial charge >= 0.3 is 0 Å². The van der Waals surface area contributed by atoms with E-state index < -0.39 is 0 Å². The SMILES string of the molecule is CC1Cc2ccccc2N1C(=O)/C=C/c1ccc(N2CCCC2=O)cc1. The van der Waals surface area contributed by atoms with Crippen LogP contribution in [0.15, 0.2) is 54.6 Å². The summed E-state index contributed by atoms with van der Waals surface area (Å²) < 4.78 is 0. The molecular weight excluding hydrogens is 324 g/mol. The number of fused-ring (bicyclic) bond motifs is 1. The van der Waals surface area contributed by atoms with E-state index in [2.05, 4.69) is 13.0 Å². The zero-order valence-corrected chi connectivity index (χ0v) is 14.9. The Kier molecular flexibility index (Phi) is 4.33. The molecule has 4 heteroatoms. The third-order valence-corrected chi connectivity index (χ3v) is 5.14. The lowest BCUT2D eigenvalue weighted by atomic mass is 10.1. The topological polar surface area (TPSA) is 40.6 Å². The van der Waals surface area contributed by atoms with Crippen molar-refractivity contribution in [3.8, 4) is 0 Å². The van der Waals surface area contributed by atoms with E-state index in [1.165, 1.54) is 5.56 Å². The molecule has 0 spiro atoms. The van der Waals surface area contributed by atoms with Crippen LogP contribution in [-0.2, 0) is 16.0 Å². The number of hydrogen-bond acceptors (Lipinski definition) is 2. The van der Waals surface area contributed by atoms with Crippen molar-refractivity contribution >= 4 is 29.3 Å². The summed E-state index contributed by atoms with van der Waals surface area (Å²) in [5.41, 5.74) is 4.12. The van der Waals surface area contributed by atoms with Crippen molar-refractivity contribution in [1.29, 1.82) is 0 Å².